The quantitative estimate of drug-likeness (QED) is 0.777. The molecule has 0 aliphatic carbocycles. The fourth-order valence-corrected chi connectivity index (χ4v) is 4.54. The first-order valence-electron chi connectivity index (χ1n) is 11.0. The van der Waals surface area contributed by atoms with Crippen LogP contribution in [0.2, 0.25) is 0 Å². The first-order chi connectivity index (χ1) is 14.1. The molecule has 0 radical (unpaired) electrons. The molecule has 0 unspecified atom stereocenters. The van der Waals surface area contributed by atoms with Crippen LogP contribution in [0.5, 0.6) is 0 Å². The van der Waals surface area contributed by atoms with Crippen molar-refractivity contribution >= 4 is 5.91 Å². The largest absolute Gasteiger partial charge is 0.338 e. The van der Waals surface area contributed by atoms with Crippen molar-refractivity contribution in [2.24, 2.45) is 0 Å². The van der Waals surface area contributed by atoms with Crippen LogP contribution < -0.4 is 0 Å². The molecule has 1 saturated heterocycles. The minimum atomic E-state index is 0.133. The Bertz CT molecular complexity index is 830. The second-order valence-corrected chi connectivity index (χ2v) is 8.61. The van der Waals surface area contributed by atoms with Crippen molar-refractivity contribution in [2.75, 3.05) is 26.2 Å². The van der Waals surface area contributed by atoms with Gasteiger partial charge < -0.3 is 9.80 Å². The molecule has 1 aromatic carbocycles. The molecule has 4 rings (SSSR count). The predicted octanol–water partition coefficient (Wildman–Crippen LogP) is 3.75. The summed E-state index contributed by atoms with van der Waals surface area (Å²) in [5.74, 6) is 2.22. The summed E-state index contributed by atoms with van der Waals surface area (Å²) in [6.07, 6.45) is 6.29. The van der Waals surface area contributed by atoms with E-state index >= 15 is 0 Å². The summed E-state index contributed by atoms with van der Waals surface area (Å²) in [6.45, 7) is 8.81. The molecule has 5 nitrogen and oxygen atoms in total. The molecule has 2 aliphatic heterocycles. The van der Waals surface area contributed by atoms with Crippen molar-refractivity contribution in [1.29, 1.82) is 0 Å². The molecule has 5 heteroatoms. The van der Waals surface area contributed by atoms with Crippen molar-refractivity contribution < 1.29 is 4.79 Å². The number of likely N-dealkylation sites (tertiary alicyclic amines) is 1. The number of nitrogens with zero attached hydrogens (tertiary/aromatic N) is 4. The first-order valence-corrected chi connectivity index (χ1v) is 11.0. The summed E-state index contributed by atoms with van der Waals surface area (Å²) in [6, 6.07) is 10.8. The smallest absolute Gasteiger partial charge is 0.219 e. The molecule has 3 heterocycles. The molecule has 154 valence electrons. The minimum Gasteiger partial charge on any atom is -0.338 e. The van der Waals surface area contributed by atoms with Gasteiger partial charge in [-0.3, -0.25) is 4.79 Å². The molecule has 0 N–H and O–H groups in total. The lowest BCUT2D eigenvalue weighted by atomic mass is 9.93. The molecule has 1 atom stereocenters. The van der Waals surface area contributed by atoms with Crippen LogP contribution in [0.3, 0.4) is 0 Å². The van der Waals surface area contributed by atoms with E-state index in [2.05, 4.69) is 47.1 Å². The van der Waals surface area contributed by atoms with Crippen molar-refractivity contribution in [3.05, 3.63) is 59.2 Å². The number of hydrogen-bond donors (Lipinski definition) is 0. The lowest BCUT2D eigenvalue weighted by Crippen LogP contribution is -2.36. The molecule has 0 bridgehead atoms. The van der Waals surface area contributed by atoms with Gasteiger partial charge in [0.05, 0.1) is 5.69 Å². The van der Waals surface area contributed by atoms with Crippen LogP contribution in [-0.2, 0) is 17.8 Å². The molecule has 0 saturated carbocycles. The summed E-state index contributed by atoms with van der Waals surface area (Å²) in [5, 5.41) is 0. The highest BCUT2D eigenvalue weighted by Gasteiger charge is 2.25. The van der Waals surface area contributed by atoms with Crippen molar-refractivity contribution in [3.8, 4) is 0 Å². The standard InChI is InChI=1S/C24H32N4O/c1-18(20-6-4-3-5-7-20)8-12-27-13-9-21(10-14-27)24-25-16-22-17-28(19(2)29)15-11-23(22)26-24/h3-7,16,18,21H,8-15,17H2,1-2H3/t18-/m0/s1. The predicted molar refractivity (Wildman–Crippen MR) is 115 cm³/mol. The Morgan fingerprint density at radius 3 is 2.66 bits per heavy atom. The van der Waals surface area contributed by atoms with Gasteiger partial charge in [-0.1, -0.05) is 37.3 Å². The first kappa shape index (κ1) is 20.0. The Hall–Kier alpha value is -2.27. The van der Waals surface area contributed by atoms with E-state index in [1.54, 1.807) is 6.92 Å². The fourth-order valence-electron chi connectivity index (χ4n) is 4.54. The van der Waals surface area contributed by atoms with Crippen molar-refractivity contribution in [2.45, 2.75) is 57.9 Å². The molecule has 1 fully saturated rings. The van der Waals surface area contributed by atoms with Crippen LogP contribution in [0.25, 0.3) is 0 Å². The summed E-state index contributed by atoms with van der Waals surface area (Å²) < 4.78 is 0. The third-order valence-electron chi connectivity index (χ3n) is 6.60. The van der Waals surface area contributed by atoms with Crippen LogP contribution in [0, 0.1) is 0 Å². The van der Waals surface area contributed by atoms with E-state index in [4.69, 9.17) is 4.98 Å². The van der Waals surface area contributed by atoms with E-state index < -0.39 is 0 Å². The molecule has 1 amide bonds. The third kappa shape index (κ3) is 4.84. The van der Waals surface area contributed by atoms with E-state index in [1.807, 2.05) is 11.1 Å². The Kier molecular flexibility index (Phi) is 6.24. The van der Waals surface area contributed by atoms with E-state index in [0.717, 1.165) is 62.5 Å². The maximum Gasteiger partial charge on any atom is 0.219 e. The maximum absolute atomic E-state index is 11.6. The van der Waals surface area contributed by atoms with Gasteiger partial charge in [0.1, 0.15) is 5.82 Å². The van der Waals surface area contributed by atoms with E-state index in [1.165, 1.54) is 12.0 Å². The summed E-state index contributed by atoms with van der Waals surface area (Å²) in [5.41, 5.74) is 3.70. The molecule has 1 aromatic heterocycles. The van der Waals surface area contributed by atoms with Gasteiger partial charge in [0.15, 0.2) is 0 Å². The highest BCUT2D eigenvalue weighted by Crippen LogP contribution is 2.28. The monoisotopic (exact) mass is 392 g/mol. The minimum absolute atomic E-state index is 0.133. The highest BCUT2D eigenvalue weighted by atomic mass is 16.2. The van der Waals surface area contributed by atoms with Crippen LogP contribution >= 0.6 is 0 Å². The Labute approximate surface area is 174 Å². The lowest BCUT2D eigenvalue weighted by molar-refractivity contribution is -0.129. The SMILES string of the molecule is CC(=O)N1CCc2nc(C3CCN(CC[C@H](C)c4ccccc4)CC3)ncc2C1. The Balaban J connectivity index is 1.28. The number of carbonyl (C=O) groups is 1. The molecular weight excluding hydrogens is 360 g/mol. The van der Waals surface area contributed by atoms with Gasteiger partial charge in [0, 0.05) is 44.1 Å². The topological polar surface area (TPSA) is 49.3 Å². The average Bonchev–Trinajstić information content (AvgIpc) is 2.77. The van der Waals surface area contributed by atoms with E-state index in [0.29, 0.717) is 18.4 Å². The van der Waals surface area contributed by atoms with Gasteiger partial charge in [0.2, 0.25) is 5.91 Å². The number of benzene rings is 1. The Morgan fingerprint density at radius 1 is 1.17 bits per heavy atom. The summed E-state index contributed by atoms with van der Waals surface area (Å²) >= 11 is 0. The van der Waals surface area contributed by atoms with Gasteiger partial charge >= 0.3 is 0 Å². The normalized spacial score (nSPS) is 19.0. The summed E-state index contributed by atoms with van der Waals surface area (Å²) in [7, 11) is 0. The van der Waals surface area contributed by atoms with Gasteiger partial charge in [0.25, 0.3) is 0 Å². The number of aromatic nitrogens is 2. The van der Waals surface area contributed by atoms with Gasteiger partial charge in [-0.05, 0) is 50.4 Å². The number of fused-ring (bicyclic) bond motifs is 1. The van der Waals surface area contributed by atoms with Crippen LogP contribution in [0.15, 0.2) is 36.5 Å². The van der Waals surface area contributed by atoms with Gasteiger partial charge in [-0.2, -0.15) is 0 Å². The van der Waals surface area contributed by atoms with Crippen LogP contribution in [0.1, 0.15) is 67.6 Å². The van der Waals surface area contributed by atoms with Crippen LogP contribution in [0.4, 0.5) is 0 Å². The zero-order valence-electron chi connectivity index (χ0n) is 17.7. The van der Waals surface area contributed by atoms with Crippen molar-refractivity contribution in [3.63, 3.8) is 0 Å². The molecule has 2 aromatic rings. The Morgan fingerprint density at radius 2 is 1.93 bits per heavy atom. The second kappa shape index (κ2) is 9.04. The molecule has 0 spiro atoms. The molecular formula is C24H32N4O. The second-order valence-electron chi connectivity index (χ2n) is 8.61. The van der Waals surface area contributed by atoms with E-state index in [-0.39, 0.29) is 5.91 Å². The molecule has 2 aliphatic rings. The fraction of sp³-hybridized carbons (Fsp3) is 0.542. The maximum atomic E-state index is 11.6. The summed E-state index contributed by atoms with van der Waals surface area (Å²) in [4.78, 5) is 25.7. The molecule has 29 heavy (non-hydrogen) atoms. The van der Waals surface area contributed by atoms with Gasteiger partial charge in [-0.15, -0.1) is 0 Å². The zero-order valence-corrected chi connectivity index (χ0v) is 17.7. The van der Waals surface area contributed by atoms with Crippen LogP contribution in [-0.4, -0.2) is 51.9 Å². The number of piperidine rings is 1. The zero-order chi connectivity index (χ0) is 20.2. The third-order valence-corrected chi connectivity index (χ3v) is 6.60. The number of hydrogen-bond acceptors (Lipinski definition) is 4. The number of amides is 1. The lowest BCUT2D eigenvalue weighted by Gasteiger charge is -2.32. The highest BCUT2D eigenvalue weighted by molar-refractivity contribution is 5.73. The number of carbonyl (C=O) groups excluding carboxylic acids is 1. The van der Waals surface area contributed by atoms with E-state index in [9.17, 15) is 4.79 Å². The van der Waals surface area contributed by atoms with Gasteiger partial charge in [-0.25, -0.2) is 9.97 Å². The van der Waals surface area contributed by atoms with Crippen molar-refractivity contribution in [1.82, 2.24) is 19.8 Å². The average molecular weight is 393 g/mol. The number of rotatable bonds is 5.